The smallest absolute Gasteiger partial charge is 0.261 e. The monoisotopic (exact) mass is 438 g/mol. The number of hydrogen-bond donors (Lipinski definition) is 1. The van der Waals surface area contributed by atoms with Crippen molar-refractivity contribution in [1.29, 1.82) is 0 Å². The largest absolute Gasteiger partial charge is 0.376 e. The summed E-state index contributed by atoms with van der Waals surface area (Å²) in [5.41, 5.74) is 0.864. The number of fused-ring (bicyclic) bond motifs is 1. The summed E-state index contributed by atoms with van der Waals surface area (Å²) >= 11 is 0. The summed E-state index contributed by atoms with van der Waals surface area (Å²) in [7, 11) is 0. The Morgan fingerprint density at radius 2 is 1.97 bits per heavy atom. The third-order valence-electron chi connectivity index (χ3n) is 6.26. The number of carbonyl (C=O) groups excluding carboxylic acids is 3. The maximum Gasteiger partial charge on any atom is 0.261 e. The van der Waals surface area contributed by atoms with Gasteiger partial charge in [-0.1, -0.05) is 19.0 Å². The summed E-state index contributed by atoms with van der Waals surface area (Å²) < 4.78 is 11.0. The van der Waals surface area contributed by atoms with Crippen LogP contribution in [0.3, 0.4) is 0 Å². The van der Waals surface area contributed by atoms with Crippen LogP contribution >= 0.6 is 0 Å². The molecule has 1 N–H and O–H groups in total. The highest BCUT2D eigenvalue weighted by atomic mass is 16.5. The van der Waals surface area contributed by atoms with Crippen LogP contribution in [-0.4, -0.2) is 52.0 Å². The fraction of sp³-hybridized carbons (Fsp3) is 0.522. The van der Waals surface area contributed by atoms with Crippen molar-refractivity contribution in [2.24, 2.45) is 5.92 Å². The Hall–Kier alpha value is -3.07. The second-order valence-corrected chi connectivity index (χ2v) is 9.08. The summed E-state index contributed by atoms with van der Waals surface area (Å²) in [5, 5.41) is 6.99. The Balaban J connectivity index is 1.33. The molecule has 3 amide bonds. The van der Waals surface area contributed by atoms with Gasteiger partial charge in [0, 0.05) is 18.1 Å². The molecule has 1 aromatic heterocycles. The van der Waals surface area contributed by atoms with Gasteiger partial charge in [0.1, 0.15) is 6.04 Å². The molecule has 168 valence electrons. The van der Waals surface area contributed by atoms with Crippen molar-refractivity contribution in [2.45, 2.75) is 57.6 Å². The highest BCUT2D eigenvalue weighted by Crippen LogP contribution is 2.38. The van der Waals surface area contributed by atoms with Gasteiger partial charge in [-0.15, -0.1) is 0 Å². The zero-order chi connectivity index (χ0) is 22.4. The van der Waals surface area contributed by atoms with Crippen LogP contribution in [0.1, 0.15) is 94.3 Å². The Kier molecular flexibility index (Phi) is 5.28. The summed E-state index contributed by atoms with van der Waals surface area (Å²) in [5.74, 6) is 0.348. The first-order valence-electron chi connectivity index (χ1n) is 11.2. The lowest BCUT2D eigenvalue weighted by Gasteiger charge is -2.18. The molecule has 2 atom stereocenters. The van der Waals surface area contributed by atoms with E-state index >= 15 is 0 Å². The topological polar surface area (TPSA) is 115 Å². The van der Waals surface area contributed by atoms with Crippen molar-refractivity contribution < 1.29 is 23.6 Å². The van der Waals surface area contributed by atoms with Gasteiger partial charge in [0.05, 0.1) is 23.8 Å². The number of ether oxygens (including phenoxy) is 1. The predicted octanol–water partition coefficient (Wildman–Crippen LogP) is 2.85. The van der Waals surface area contributed by atoms with Crippen LogP contribution in [0, 0.1) is 5.92 Å². The summed E-state index contributed by atoms with van der Waals surface area (Å²) in [4.78, 5) is 44.3. The number of carbonyl (C=O) groups is 3. The van der Waals surface area contributed by atoms with E-state index in [0.717, 1.165) is 25.7 Å². The van der Waals surface area contributed by atoms with Crippen LogP contribution in [0.2, 0.25) is 0 Å². The van der Waals surface area contributed by atoms with Crippen LogP contribution in [-0.2, 0) is 4.74 Å². The molecule has 3 aliphatic rings. The molecule has 1 saturated carbocycles. The zero-order valence-corrected chi connectivity index (χ0v) is 18.2. The molecular weight excluding hydrogens is 412 g/mol. The molecular formula is C23H26N4O5. The first kappa shape index (κ1) is 20.8. The van der Waals surface area contributed by atoms with Gasteiger partial charge < -0.3 is 14.6 Å². The molecule has 1 aromatic carbocycles. The fourth-order valence-electron chi connectivity index (χ4n) is 4.21. The quantitative estimate of drug-likeness (QED) is 0.661. The SMILES string of the molecule is CC(C)C(NC(=O)c1ccc2c(c1)C(=O)N(CC1CCCO1)C2=O)c1nc(C2CC2)no1. The van der Waals surface area contributed by atoms with E-state index in [1.165, 1.54) is 11.0 Å². The molecule has 32 heavy (non-hydrogen) atoms. The van der Waals surface area contributed by atoms with Crippen LogP contribution in [0.5, 0.6) is 0 Å². The molecule has 2 fully saturated rings. The van der Waals surface area contributed by atoms with Crippen molar-refractivity contribution in [3.05, 3.63) is 46.6 Å². The number of benzene rings is 1. The van der Waals surface area contributed by atoms with Gasteiger partial charge >= 0.3 is 0 Å². The predicted molar refractivity (Wildman–Crippen MR) is 112 cm³/mol. The van der Waals surface area contributed by atoms with Crippen LogP contribution in [0.15, 0.2) is 22.7 Å². The van der Waals surface area contributed by atoms with Crippen molar-refractivity contribution in [3.63, 3.8) is 0 Å². The molecule has 1 aliphatic carbocycles. The minimum atomic E-state index is -0.455. The van der Waals surface area contributed by atoms with E-state index in [1.54, 1.807) is 12.1 Å². The van der Waals surface area contributed by atoms with Gasteiger partial charge in [0.15, 0.2) is 5.82 Å². The number of rotatable bonds is 7. The van der Waals surface area contributed by atoms with Crippen molar-refractivity contribution in [2.75, 3.05) is 13.2 Å². The molecule has 2 aliphatic heterocycles. The Morgan fingerprint density at radius 1 is 1.19 bits per heavy atom. The van der Waals surface area contributed by atoms with E-state index < -0.39 is 6.04 Å². The fourth-order valence-corrected chi connectivity index (χ4v) is 4.21. The molecule has 0 bridgehead atoms. The maximum atomic E-state index is 13.0. The highest BCUT2D eigenvalue weighted by Gasteiger charge is 2.38. The first-order valence-corrected chi connectivity index (χ1v) is 11.2. The maximum absolute atomic E-state index is 13.0. The number of aromatic nitrogens is 2. The third kappa shape index (κ3) is 3.81. The number of nitrogens with one attached hydrogen (secondary N) is 1. The summed E-state index contributed by atoms with van der Waals surface area (Å²) in [6, 6.07) is 4.14. The van der Waals surface area contributed by atoms with Gasteiger partial charge in [-0.2, -0.15) is 4.98 Å². The van der Waals surface area contributed by atoms with Gasteiger partial charge in [-0.25, -0.2) is 0 Å². The van der Waals surface area contributed by atoms with Gasteiger partial charge in [0.2, 0.25) is 5.89 Å². The standard InChI is InChI=1S/C23H26N4O5/c1-12(2)18(21-25-19(26-32-21)13-5-6-13)24-20(28)14-7-8-16-17(10-14)23(30)27(22(16)29)11-15-4-3-9-31-15/h7-8,10,12-13,15,18H,3-6,9,11H2,1-2H3,(H,24,28). The lowest BCUT2D eigenvalue weighted by molar-refractivity contribution is 0.0475. The van der Waals surface area contributed by atoms with E-state index in [9.17, 15) is 14.4 Å². The molecule has 9 heteroatoms. The summed E-state index contributed by atoms with van der Waals surface area (Å²) in [6.45, 7) is 4.81. The normalized spacial score (nSPS) is 21.3. The van der Waals surface area contributed by atoms with Crippen molar-refractivity contribution >= 4 is 17.7 Å². The lowest BCUT2D eigenvalue weighted by Crippen LogP contribution is -2.36. The Morgan fingerprint density at radius 3 is 2.66 bits per heavy atom. The van der Waals surface area contributed by atoms with Crippen molar-refractivity contribution in [3.8, 4) is 0 Å². The molecule has 1 saturated heterocycles. The number of nitrogens with zero attached hydrogens (tertiary/aromatic N) is 3. The number of amides is 3. The minimum absolute atomic E-state index is 0.0194. The van der Waals surface area contributed by atoms with E-state index in [1.807, 2.05) is 13.8 Å². The average molecular weight is 438 g/mol. The van der Waals surface area contributed by atoms with Crippen LogP contribution < -0.4 is 5.32 Å². The first-order chi connectivity index (χ1) is 15.4. The lowest BCUT2D eigenvalue weighted by atomic mass is 10.0. The van der Waals surface area contributed by atoms with Crippen LogP contribution in [0.4, 0.5) is 0 Å². The Bertz CT molecular complexity index is 1070. The zero-order valence-electron chi connectivity index (χ0n) is 18.2. The molecule has 0 spiro atoms. The molecule has 2 aromatic rings. The van der Waals surface area contributed by atoms with E-state index in [-0.39, 0.29) is 41.9 Å². The molecule has 0 radical (unpaired) electrons. The summed E-state index contributed by atoms with van der Waals surface area (Å²) in [6.07, 6.45) is 3.75. The van der Waals surface area contributed by atoms with Gasteiger partial charge in [-0.3, -0.25) is 19.3 Å². The molecule has 2 unspecified atom stereocenters. The van der Waals surface area contributed by atoms with Gasteiger partial charge in [-0.05, 0) is 49.8 Å². The number of hydrogen-bond acceptors (Lipinski definition) is 7. The second kappa shape index (κ2) is 8.12. The average Bonchev–Trinajstić information content (AvgIpc) is 3.19. The van der Waals surface area contributed by atoms with Crippen LogP contribution in [0.25, 0.3) is 0 Å². The minimum Gasteiger partial charge on any atom is -0.376 e. The molecule has 5 rings (SSSR count). The Labute approximate surface area is 185 Å². The molecule has 3 heterocycles. The second-order valence-electron chi connectivity index (χ2n) is 9.08. The third-order valence-corrected chi connectivity index (χ3v) is 6.26. The van der Waals surface area contributed by atoms with E-state index in [4.69, 9.17) is 9.26 Å². The van der Waals surface area contributed by atoms with E-state index in [0.29, 0.717) is 35.4 Å². The van der Waals surface area contributed by atoms with E-state index in [2.05, 4.69) is 15.5 Å². The van der Waals surface area contributed by atoms with Gasteiger partial charge in [0.25, 0.3) is 17.7 Å². The number of imide groups is 1. The van der Waals surface area contributed by atoms with Crippen molar-refractivity contribution in [1.82, 2.24) is 20.4 Å². The molecule has 9 nitrogen and oxygen atoms in total. The highest BCUT2D eigenvalue weighted by molar-refractivity contribution is 6.22.